The first-order valence-corrected chi connectivity index (χ1v) is 6.44. The molecule has 100 valence electrons. The molecule has 1 heterocycles. The maximum Gasteiger partial charge on any atom is 0.178 e. The van der Waals surface area contributed by atoms with Gasteiger partial charge in [-0.3, -0.25) is 9.59 Å². The molecule has 1 N–H and O–H groups in total. The molecule has 2 rings (SSSR count). The molecule has 0 saturated carbocycles. The van der Waals surface area contributed by atoms with E-state index >= 15 is 0 Å². The Morgan fingerprint density at radius 1 is 0.833 bits per heavy atom. The lowest BCUT2D eigenvalue weighted by Crippen LogP contribution is -2.55. The smallest absolute Gasteiger partial charge is 0.178 e. The van der Waals surface area contributed by atoms with E-state index in [0.717, 1.165) is 0 Å². The molecule has 0 aromatic heterocycles. The number of carbonyl (C=O) groups excluding carboxylic acids is 2. The molecule has 2 aliphatic rings. The van der Waals surface area contributed by atoms with Crippen molar-refractivity contribution in [2.24, 2.45) is 0 Å². The molecule has 0 radical (unpaired) electrons. The molecule has 0 aromatic rings. The van der Waals surface area contributed by atoms with Crippen molar-refractivity contribution in [3.05, 3.63) is 24.3 Å². The van der Waals surface area contributed by atoms with Gasteiger partial charge in [0.05, 0.1) is 0 Å². The molecule has 0 atom stereocenters. The molecule has 0 aromatic carbocycles. The summed E-state index contributed by atoms with van der Waals surface area (Å²) >= 11 is 0. The Bertz CT molecular complexity index is 337. The van der Waals surface area contributed by atoms with Gasteiger partial charge in [-0.2, -0.15) is 0 Å². The van der Waals surface area contributed by atoms with Crippen molar-refractivity contribution in [1.29, 1.82) is 0 Å². The maximum atomic E-state index is 10.3. The summed E-state index contributed by atoms with van der Waals surface area (Å²) < 4.78 is 0. The van der Waals surface area contributed by atoms with E-state index in [0.29, 0.717) is 11.1 Å². The van der Waals surface area contributed by atoms with E-state index in [-0.39, 0.29) is 11.6 Å². The fourth-order valence-corrected chi connectivity index (χ4v) is 2.45. The van der Waals surface area contributed by atoms with E-state index in [2.05, 4.69) is 33.0 Å². The Balaban J connectivity index is 0.000000184. The molecule has 1 aliphatic carbocycles. The largest absolute Gasteiger partial charge is 0.307 e. The van der Waals surface area contributed by atoms with Crippen molar-refractivity contribution in [2.45, 2.75) is 58.0 Å². The SMILES string of the molecule is CC1(C)CCCC(C)(C)N1.O=C1C=CC(=O)C=C1. The molecular weight excluding hydrogens is 226 g/mol. The van der Waals surface area contributed by atoms with Crippen LogP contribution in [0.4, 0.5) is 0 Å². The lowest BCUT2D eigenvalue weighted by molar-refractivity contribution is -0.113. The van der Waals surface area contributed by atoms with E-state index in [1.165, 1.54) is 43.6 Å². The highest BCUT2D eigenvalue weighted by Gasteiger charge is 2.31. The average Bonchev–Trinajstić information content (AvgIpc) is 2.20. The topological polar surface area (TPSA) is 46.2 Å². The number of hydrogen-bond donors (Lipinski definition) is 1. The molecule has 0 bridgehead atoms. The molecule has 1 saturated heterocycles. The van der Waals surface area contributed by atoms with E-state index in [4.69, 9.17) is 0 Å². The summed E-state index contributed by atoms with van der Waals surface area (Å²) in [5.74, 6) is -0.241. The average molecular weight is 249 g/mol. The standard InChI is InChI=1S/C9H19N.C6H4O2/c1-8(2)6-5-7-9(3,4)10-8;7-5-1-2-6(8)4-3-5/h10H,5-7H2,1-4H3;1-4H. The van der Waals surface area contributed by atoms with Gasteiger partial charge in [0, 0.05) is 11.1 Å². The second kappa shape index (κ2) is 5.61. The van der Waals surface area contributed by atoms with Crippen molar-refractivity contribution in [3.8, 4) is 0 Å². The van der Waals surface area contributed by atoms with Crippen LogP contribution in [0.5, 0.6) is 0 Å². The number of carbonyl (C=O) groups is 2. The maximum absolute atomic E-state index is 10.3. The van der Waals surface area contributed by atoms with Gasteiger partial charge >= 0.3 is 0 Å². The van der Waals surface area contributed by atoms with Crippen molar-refractivity contribution in [1.82, 2.24) is 5.32 Å². The number of rotatable bonds is 0. The van der Waals surface area contributed by atoms with Gasteiger partial charge in [-0.25, -0.2) is 0 Å². The third-order valence-corrected chi connectivity index (χ3v) is 3.10. The van der Waals surface area contributed by atoms with Gasteiger partial charge in [-0.1, -0.05) is 0 Å². The number of allylic oxidation sites excluding steroid dienone is 4. The second-order valence-corrected chi connectivity index (χ2v) is 6.22. The van der Waals surface area contributed by atoms with Crippen LogP contribution in [0.3, 0.4) is 0 Å². The second-order valence-electron chi connectivity index (χ2n) is 6.22. The minimum atomic E-state index is -0.121. The van der Waals surface area contributed by atoms with Crippen LogP contribution in [0.15, 0.2) is 24.3 Å². The van der Waals surface area contributed by atoms with Gasteiger partial charge < -0.3 is 5.32 Å². The summed E-state index contributed by atoms with van der Waals surface area (Å²) in [6.45, 7) is 9.14. The summed E-state index contributed by atoms with van der Waals surface area (Å²) in [4.78, 5) is 20.6. The van der Waals surface area contributed by atoms with Crippen LogP contribution in [0.2, 0.25) is 0 Å². The van der Waals surface area contributed by atoms with E-state index in [9.17, 15) is 9.59 Å². The Hall–Kier alpha value is -1.22. The van der Waals surface area contributed by atoms with Crippen LogP contribution in [0.1, 0.15) is 47.0 Å². The molecule has 18 heavy (non-hydrogen) atoms. The highest BCUT2D eigenvalue weighted by molar-refractivity contribution is 6.14. The van der Waals surface area contributed by atoms with Crippen LogP contribution in [0, 0.1) is 0 Å². The molecule has 0 spiro atoms. The zero-order valence-electron chi connectivity index (χ0n) is 11.7. The molecule has 0 amide bonds. The van der Waals surface area contributed by atoms with Gasteiger partial charge in [0.15, 0.2) is 11.6 Å². The predicted octanol–water partition coefficient (Wildman–Crippen LogP) is 2.57. The first-order valence-electron chi connectivity index (χ1n) is 6.44. The van der Waals surface area contributed by atoms with Gasteiger partial charge in [0.1, 0.15) is 0 Å². The minimum absolute atomic E-state index is 0.121. The van der Waals surface area contributed by atoms with Gasteiger partial charge in [-0.05, 0) is 71.3 Å². The van der Waals surface area contributed by atoms with Gasteiger partial charge in [0.2, 0.25) is 0 Å². The van der Waals surface area contributed by atoms with Crippen LogP contribution in [-0.2, 0) is 9.59 Å². The highest BCUT2D eigenvalue weighted by Crippen LogP contribution is 2.27. The third kappa shape index (κ3) is 5.41. The van der Waals surface area contributed by atoms with Crippen LogP contribution < -0.4 is 5.32 Å². The predicted molar refractivity (Wildman–Crippen MR) is 73.4 cm³/mol. The first-order chi connectivity index (χ1) is 8.20. The first kappa shape index (κ1) is 14.8. The molecule has 0 unspecified atom stereocenters. The summed E-state index contributed by atoms with van der Waals surface area (Å²) in [5, 5.41) is 3.63. The van der Waals surface area contributed by atoms with E-state index in [1.807, 2.05) is 0 Å². The molecule has 3 heteroatoms. The lowest BCUT2D eigenvalue weighted by atomic mass is 9.83. The normalized spacial score (nSPS) is 24.4. The molecule has 1 fully saturated rings. The Morgan fingerprint density at radius 3 is 1.39 bits per heavy atom. The number of piperidine rings is 1. The van der Waals surface area contributed by atoms with Gasteiger partial charge in [0.25, 0.3) is 0 Å². The summed E-state index contributed by atoms with van der Waals surface area (Å²) in [7, 11) is 0. The van der Waals surface area contributed by atoms with E-state index < -0.39 is 0 Å². The zero-order valence-corrected chi connectivity index (χ0v) is 11.7. The van der Waals surface area contributed by atoms with Crippen LogP contribution in [0.25, 0.3) is 0 Å². The lowest BCUT2D eigenvalue weighted by Gasteiger charge is -2.42. The Kier molecular flexibility index (Phi) is 4.63. The highest BCUT2D eigenvalue weighted by atomic mass is 16.1. The van der Waals surface area contributed by atoms with Gasteiger partial charge in [-0.15, -0.1) is 0 Å². The van der Waals surface area contributed by atoms with Crippen molar-refractivity contribution < 1.29 is 9.59 Å². The fourth-order valence-electron chi connectivity index (χ4n) is 2.45. The molecule has 3 nitrogen and oxygen atoms in total. The Morgan fingerprint density at radius 2 is 1.17 bits per heavy atom. The van der Waals surface area contributed by atoms with Crippen molar-refractivity contribution in [3.63, 3.8) is 0 Å². The molecular formula is C15H23NO2. The van der Waals surface area contributed by atoms with Crippen molar-refractivity contribution >= 4 is 11.6 Å². The van der Waals surface area contributed by atoms with E-state index in [1.54, 1.807) is 0 Å². The van der Waals surface area contributed by atoms with Crippen LogP contribution in [-0.4, -0.2) is 22.6 Å². The summed E-state index contributed by atoms with van der Waals surface area (Å²) in [5.41, 5.74) is 0.726. The quantitative estimate of drug-likeness (QED) is 0.671. The summed E-state index contributed by atoms with van der Waals surface area (Å²) in [6.07, 6.45) is 9.01. The number of ketones is 2. The van der Waals surface area contributed by atoms with Crippen molar-refractivity contribution in [2.75, 3.05) is 0 Å². The Labute approximate surface area is 109 Å². The number of nitrogens with one attached hydrogen (secondary N) is 1. The summed E-state index contributed by atoms with van der Waals surface area (Å²) in [6, 6.07) is 0. The fraction of sp³-hybridized carbons (Fsp3) is 0.600. The monoisotopic (exact) mass is 249 g/mol. The third-order valence-electron chi connectivity index (χ3n) is 3.10. The van der Waals surface area contributed by atoms with Crippen LogP contribution >= 0.6 is 0 Å². The molecule has 1 aliphatic heterocycles. The number of hydrogen-bond acceptors (Lipinski definition) is 3. The minimum Gasteiger partial charge on any atom is -0.307 e. The zero-order chi connectivity index (χ0) is 13.8.